The van der Waals surface area contributed by atoms with Gasteiger partial charge in [0, 0.05) is 28.6 Å². The summed E-state index contributed by atoms with van der Waals surface area (Å²) in [5.41, 5.74) is 0.522. The summed E-state index contributed by atoms with van der Waals surface area (Å²) in [6, 6.07) is 8.09. The van der Waals surface area contributed by atoms with E-state index in [9.17, 15) is 8.78 Å². The lowest BCUT2D eigenvalue weighted by molar-refractivity contribution is 0.421. The second-order valence-electron chi connectivity index (χ2n) is 5.38. The first-order chi connectivity index (χ1) is 9.65. The van der Waals surface area contributed by atoms with Gasteiger partial charge in [-0.1, -0.05) is 12.1 Å². The first kappa shape index (κ1) is 13.7. The molecular formula is C16H17F2NS. The first-order valence-electron chi connectivity index (χ1n) is 6.89. The van der Waals surface area contributed by atoms with Crippen molar-refractivity contribution in [2.45, 2.75) is 31.8 Å². The fourth-order valence-corrected chi connectivity index (χ4v) is 3.44. The highest BCUT2D eigenvalue weighted by Crippen LogP contribution is 2.43. The molecule has 0 aliphatic heterocycles. The van der Waals surface area contributed by atoms with E-state index in [2.05, 4.69) is 16.8 Å². The van der Waals surface area contributed by atoms with E-state index in [0.29, 0.717) is 11.5 Å². The predicted octanol–water partition coefficient (Wildman–Crippen LogP) is 4.83. The molecule has 1 fully saturated rings. The fourth-order valence-electron chi connectivity index (χ4n) is 2.56. The van der Waals surface area contributed by atoms with E-state index in [1.807, 2.05) is 13.0 Å². The second-order valence-corrected chi connectivity index (χ2v) is 6.36. The van der Waals surface area contributed by atoms with E-state index in [1.165, 1.54) is 29.9 Å². The molecule has 2 unspecified atom stereocenters. The summed E-state index contributed by atoms with van der Waals surface area (Å²) in [5.74, 6) is -0.374. The van der Waals surface area contributed by atoms with Gasteiger partial charge in [0.15, 0.2) is 0 Å². The number of benzene rings is 1. The van der Waals surface area contributed by atoms with E-state index >= 15 is 0 Å². The van der Waals surface area contributed by atoms with Crippen molar-refractivity contribution < 1.29 is 8.78 Å². The van der Waals surface area contributed by atoms with Crippen molar-refractivity contribution >= 4 is 11.3 Å². The minimum absolute atomic E-state index is 0.136. The molecule has 20 heavy (non-hydrogen) atoms. The van der Waals surface area contributed by atoms with Crippen molar-refractivity contribution in [2.75, 3.05) is 0 Å². The number of nitrogens with one attached hydrogen (secondary N) is 1. The summed E-state index contributed by atoms with van der Waals surface area (Å²) in [6.45, 7) is 1.93. The molecule has 1 aromatic heterocycles. The lowest BCUT2D eigenvalue weighted by Crippen LogP contribution is -2.26. The van der Waals surface area contributed by atoms with Crippen molar-refractivity contribution in [3.63, 3.8) is 0 Å². The molecule has 1 N–H and O–H groups in total. The highest BCUT2D eigenvalue weighted by Gasteiger charge is 2.34. The molecule has 2 atom stereocenters. The minimum Gasteiger partial charge on any atom is -0.302 e. The lowest BCUT2D eigenvalue weighted by Gasteiger charge is -2.23. The molecule has 0 saturated heterocycles. The molecule has 1 heterocycles. The molecule has 1 aromatic carbocycles. The molecule has 106 valence electrons. The Kier molecular flexibility index (Phi) is 3.85. The van der Waals surface area contributed by atoms with Gasteiger partial charge in [0.05, 0.1) is 0 Å². The van der Waals surface area contributed by atoms with Crippen LogP contribution in [0.15, 0.2) is 35.7 Å². The Bertz CT molecular complexity index is 578. The summed E-state index contributed by atoms with van der Waals surface area (Å²) < 4.78 is 26.8. The van der Waals surface area contributed by atoms with E-state index < -0.39 is 11.6 Å². The average molecular weight is 293 g/mol. The van der Waals surface area contributed by atoms with Crippen LogP contribution >= 0.6 is 11.3 Å². The van der Waals surface area contributed by atoms with Crippen molar-refractivity contribution in [2.24, 2.45) is 5.92 Å². The predicted molar refractivity (Wildman–Crippen MR) is 77.7 cm³/mol. The van der Waals surface area contributed by atoms with Crippen LogP contribution in [0.25, 0.3) is 0 Å². The van der Waals surface area contributed by atoms with Crippen LogP contribution < -0.4 is 5.32 Å². The first-order valence-corrected chi connectivity index (χ1v) is 7.77. The smallest absolute Gasteiger partial charge is 0.130 e. The minimum atomic E-state index is -0.532. The van der Waals surface area contributed by atoms with Gasteiger partial charge in [0.25, 0.3) is 0 Å². The third kappa shape index (κ3) is 2.91. The summed E-state index contributed by atoms with van der Waals surface area (Å²) in [4.78, 5) is 1.29. The summed E-state index contributed by atoms with van der Waals surface area (Å²) in [7, 11) is 0. The topological polar surface area (TPSA) is 12.0 Å². The Balaban J connectivity index is 1.78. The molecule has 0 radical (unpaired) electrons. The Morgan fingerprint density at radius 1 is 1.25 bits per heavy atom. The van der Waals surface area contributed by atoms with Crippen LogP contribution in [0.3, 0.4) is 0 Å². The maximum atomic E-state index is 13.8. The highest BCUT2D eigenvalue weighted by atomic mass is 32.1. The molecule has 1 saturated carbocycles. The second kappa shape index (κ2) is 5.62. The van der Waals surface area contributed by atoms with Crippen LogP contribution in [-0.4, -0.2) is 0 Å². The van der Waals surface area contributed by atoms with Crippen molar-refractivity contribution in [3.05, 3.63) is 57.8 Å². The van der Waals surface area contributed by atoms with Crippen LogP contribution in [-0.2, 0) is 0 Å². The molecule has 1 aliphatic carbocycles. The Labute approximate surface area is 121 Å². The van der Waals surface area contributed by atoms with Gasteiger partial charge in [-0.3, -0.25) is 0 Å². The van der Waals surface area contributed by atoms with Gasteiger partial charge in [0.2, 0.25) is 0 Å². The molecule has 0 amide bonds. The van der Waals surface area contributed by atoms with Gasteiger partial charge in [-0.25, -0.2) is 8.78 Å². The van der Waals surface area contributed by atoms with Crippen LogP contribution in [0.2, 0.25) is 0 Å². The molecule has 4 heteroatoms. The van der Waals surface area contributed by atoms with Crippen LogP contribution in [0.4, 0.5) is 8.78 Å². The SMILES string of the molecule is CC(NC(c1cccs1)C1CC1)c1ccc(F)cc1F. The number of thiophene rings is 1. The van der Waals surface area contributed by atoms with Gasteiger partial charge < -0.3 is 5.32 Å². The maximum absolute atomic E-state index is 13.8. The third-order valence-corrected chi connectivity index (χ3v) is 4.76. The number of halogens is 2. The molecule has 0 bridgehead atoms. The van der Waals surface area contributed by atoms with E-state index in [-0.39, 0.29) is 12.1 Å². The van der Waals surface area contributed by atoms with Crippen LogP contribution in [0, 0.1) is 17.6 Å². The van der Waals surface area contributed by atoms with Crippen molar-refractivity contribution in [3.8, 4) is 0 Å². The van der Waals surface area contributed by atoms with Gasteiger partial charge in [-0.05, 0) is 43.2 Å². The van der Waals surface area contributed by atoms with Gasteiger partial charge in [-0.15, -0.1) is 11.3 Å². The van der Waals surface area contributed by atoms with E-state index in [0.717, 1.165) is 6.07 Å². The third-order valence-electron chi connectivity index (χ3n) is 3.80. The largest absolute Gasteiger partial charge is 0.302 e. The maximum Gasteiger partial charge on any atom is 0.130 e. The summed E-state index contributed by atoms with van der Waals surface area (Å²) >= 11 is 1.73. The molecule has 1 aliphatic rings. The molecule has 1 nitrogen and oxygen atoms in total. The van der Waals surface area contributed by atoms with E-state index in [4.69, 9.17) is 0 Å². The number of hydrogen-bond acceptors (Lipinski definition) is 2. The quantitative estimate of drug-likeness (QED) is 0.832. The number of hydrogen-bond donors (Lipinski definition) is 1. The fraction of sp³-hybridized carbons (Fsp3) is 0.375. The van der Waals surface area contributed by atoms with Gasteiger partial charge >= 0.3 is 0 Å². The van der Waals surface area contributed by atoms with Crippen LogP contribution in [0.1, 0.15) is 42.3 Å². The molecule has 2 aromatic rings. The Morgan fingerprint density at radius 3 is 2.65 bits per heavy atom. The molecular weight excluding hydrogens is 276 g/mol. The normalized spacial score (nSPS) is 17.9. The standard InChI is InChI=1S/C16H17F2NS/c1-10(13-7-6-12(17)9-14(13)18)19-16(11-4-5-11)15-3-2-8-20-15/h2-3,6-11,16,19H,4-5H2,1H3. The Morgan fingerprint density at radius 2 is 2.05 bits per heavy atom. The highest BCUT2D eigenvalue weighted by molar-refractivity contribution is 7.10. The Hall–Kier alpha value is -1.26. The molecule has 3 rings (SSSR count). The van der Waals surface area contributed by atoms with Gasteiger partial charge in [0.1, 0.15) is 11.6 Å². The molecule has 0 spiro atoms. The monoisotopic (exact) mass is 293 g/mol. The van der Waals surface area contributed by atoms with Crippen molar-refractivity contribution in [1.82, 2.24) is 5.32 Å². The summed E-state index contributed by atoms with van der Waals surface area (Å²) in [6.07, 6.45) is 2.43. The average Bonchev–Trinajstić information content (AvgIpc) is 3.10. The zero-order valence-electron chi connectivity index (χ0n) is 11.3. The van der Waals surface area contributed by atoms with Crippen molar-refractivity contribution in [1.29, 1.82) is 0 Å². The lowest BCUT2D eigenvalue weighted by atomic mass is 10.0. The summed E-state index contributed by atoms with van der Waals surface area (Å²) in [5, 5.41) is 5.57. The zero-order valence-corrected chi connectivity index (χ0v) is 12.1. The van der Waals surface area contributed by atoms with Gasteiger partial charge in [-0.2, -0.15) is 0 Å². The van der Waals surface area contributed by atoms with Crippen LogP contribution in [0.5, 0.6) is 0 Å². The zero-order chi connectivity index (χ0) is 14.1. The van der Waals surface area contributed by atoms with E-state index in [1.54, 1.807) is 11.3 Å². The number of rotatable bonds is 5.